The van der Waals surface area contributed by atoms with Gasteiger partial charge in [-0.3, -0.25) is 24.2 Å². The van der Waals surface area contributed by atoms with Crippen LogP contribution in [-0.4, -0.2) is 103 Å². The van der Waals surface area contributed by atoms with E-state index in [0.29, 0.717) is 24.0 Å². The van der Waals surface area contributed by atoms with Gasteiger partial charge in [-0.15, -0.1) is 6.58 Å². The molecule has 1 aliphatic carbocycles. The molecule has 4 amide bonds. The summed E-state index contributed by atoms with van der Waals surface area (Å²) in [5.74, 6) is -2.88. The second-order valence-electron chi connectivity index (χ2n) is 15.9. The molecule has 4 rings (SSSR count). The molecule has 17 heteroatoms. The Kier molecular flexibility index (Phi) is 15.3. The zero-order chi connectivity index (χ0) is 41.3. The fourth-order valence-electron chi connectivity index (χ4n) is 7.07. The Hall–Kier alpha value is -4.25. The molecule has 0 bridgehead atoms. The van der Waals surface area contributed by atoms with Crippen LogP contribution < -0.4 is 10.0 Å². The van der Waals surface area contributed by atoms with Crippen LogP contribution in [0.3, 0.4) is 0 Å². The molecule has 2 heterocycles. The lowest BCUT2D eigenvalue weighted by Gasteiger charge is -2.29. The van der Waals surface area contributed by atoms with Gasteiger partial charge in [-0.05, 0) is 51.7 Å². The van der Waals surface area contributed by atoms with Crippen molar-refractivity contribution in [3.63, 3.8) is 0 Å². The van der Waals surface area contributed by atoms with Gasteiger partial charge in [0.2, 0.25) is 5.91 Å². The van der Waals surface area contributed by atoms with Crippen molar-refractivity contribution in [2.75, 3.05) is 27.2 Å². The molecular formula is C39H58FN5O10S. The summed E-state index contributed by atoms with van der Waals surface area (Å²) >= 11 is 0. The molecule has 1 saturated carbocycles. The van der Waals surface area contributed by atoms with Crippen molar-refractivity contribution in [2.24, 2.45) is 5.92 Å². The van der Waals surface area contributed by atoms with Crippen LogP contribution in [0.2, 0.25) is 0 Å². The lowest BCUT2D eigenvalue weighted by molar-refractivity contribution is -0.140. The van der Waals surface area contributed by atoms with E-state index in [1.807, 2.05) is 0 Å². The third-order valence-corrected chi connectivity index (χ3v) is 11.9. The average Bonchev–Trinajstić information content (AvgIpc) is 3.42. The molecule has 312 valence electrons. The number of amides is 4. The van der Waals surface area contributed by atoms with E-state index in [-0.39, 0.29) is 45.0 Å². The number of likely N-dealkylation sites (tertiary alicyclic amines) is 1. The van der Waals surface area contributed by atoms with Gasteiger partial charge in [0.15, 0.2) is 0 Å². The smallest absolute Gasteiger partial charge is 0.411 e. The second kappa shape index (κ2) is 19.3. The predicted octanol–water partition coefficient (Wildman–Crippen LogP) is 5.08. The summed E-state index contributed by atoms with van der Waals surface area (Å²) in [4.78, 5) is 67.7. The number of carbonyl (C=O) groups is 5. The van der Waals surface area contributed by atoms with Gasteiger partial charge in [-0.2, -0.15) is 12.7 Å². The molecule has 2 fully saturated rings. The number of ether oxygens (including phenoxy) is 3. The Morgan fingerprint density at radius 3 is 2.23 bits per heavy atom. The van der Waals surface area contributed by atoms with Gasteiger partial charge < -0.3 is 19.5 Å². The normalized spacial score (nSPS) is 21.7. The van der Waals surface area contributed by atoms with Crippen molar-refractivity contribution in [3.8, 4) is 0 Å². The number of nitrogens with zero attached hydrogens (tertiary/aromatic N) is 3. The maximum Gasteiger partial charge on any atom is 0.411 e. The number of nitrogens with one attached hydrogen (secondary N) is 2. The van der Waals surface area contributed by atoms with Crippen molar-refractivity contribution in [1.82, 2.24) is 24.1 Å². The van der Waals surface area contributed by atoms with Crippen LogP contribution in [0.1, 0.15) is 109 Å². The topological polar surface area (TPSA) is 181 Å². The van der Waals surface area contributed by atoms with Gasteiger partial charge >= 0.3 is 28.4 Å². The molecule has 4 atom stereocenters. The minimum Gasteiger partial charge on any atom is -0.469 e. The highest BCUT2D eigenvalue weighted by molar-refractivity contribution is 7.87. The lowest BCUT2D eigenvalue weighted by Crippen LogP contribution is -2.57. The number of benzene rings is 1. The fraction of sp³-hybridized carbons (Fsp3) is 0.667. The van der Waals surface area contributed by atoms with Crippen LogP contribution in [0.4, 0.5) is 14.0 Å². The van der Waals surface area contributed by atoms with Crippen LogP contribution in [0.5, 0.6) is 0 Å². The molecule has 1 saturated heterocycles. The molecule has 56 heavy (non-hydrogen) atoms. The van der Waals surface area contributed by atoms with Crippen molar-refractivity contribution < 1.29 is 51.0 Å². The van der Waals surface area contributed by atoms with Crippen LogP contribution >= 0.6 is 0 Å². The number of esters is 1. The average molecular weight is 808 g/mol. The maximum atomic E-state index is 14.3. The Balaban J connectivity index is 1.30. The van der Waals surface area contributed by atoms with Crippen molar-refractivity contribution in [1.29, 1.82) is 0 Å². The van der Waals surface area contributed by atoms with E-state index < -0.39 is 69.2 Å². The van der Waals surface area contributed by atoms with Crippen LogP contribution in [0.15, 0.2) is 30.9 Å². The van der Waals surface area contributed by atoms with Gasteiger partial charge in [0, 0.05) is 44.5 Å². The second-order valence-corrected chi connectivity index (χ2v) is 17.7. The van der Waals surface area contributed by atoms with Crippen molar-refractivity contribution in [3.05, 3.63) is 47.8 Å². The molecule has 0 aromatic heterocycles. The van der Waals surface area contributed by atoms with E-state index in [1.54, 1.807) is 32.9 Å². The Labute approximate surface area is 329 Å². The van der Waals surface area contributed by atoms with Gasteiger partial charge in [-0.25, -0.2) is 18.7 Å². The molecule has 0 unspecified atom stereocenters. The molecule has 0 spiro atoms. The minimum absolute atomic E-state index is 0.00859. The first-order valence-electron chi connectivity index (χ1n) is 19.4. The SMILES string of the molecule is C=C[C@@H]1C[C@]1(NC(=O)[C@@H]1C[C@@H](OC(=O)N2Cc3cccc(F)c3C2)CN1C(=O)OC(C)(C)C)C(=O)NS(=O)(=O)N(C)CCCCCCCCCCCC(=O)OC. The molecule has 1 aromatic carbocycles. The largest absolute Gasteiger partial charge is 0.469 e. The van der Waals surface area contributed by atoms with Gasteiger partial charge in [0.05, 0.1) is 20.2 Å². The van der Waals surface area contributed by atoms with Crippen LogP contribution in [-0.2, 0) is 51.9 Å². The van der Waals surface area contributed by atoms with Crippen molar-refractivity contribution >= 4 is 40.2 Å². The van der Waals surface area contributed by atoms with E-state index in [0.717, 1.165) is 60.6 Å². The molecule has 2 N–H and O–H groups in total. The number of methoxy groups -OCH3 is 1. The summed E-state index contributed by atoms with van der Waals surface area (Å²) in [6.45, 7) is 8.88. The zero-order valence-electron chi connectivity index (χ0n) is 33.3. The standard InChI is InChI=1S/C39H58FN5O10S/c1-7-28-23-39(28,35(48)42-56(51,52)43(5)21-16-14-12-10-8-9-11-13-15-20-33(46)53-6)41-34(47)32-22-29(25-45(32)37(50)55-38(2,3)4)54-36(49)44-24-27-18-17-19-31(40)30(27)26-44/h7,17-19,28-29,32H,1,8-16,20-26H2,2-6H3,(H,41,47)(H,42,48)/t28-,29-,32+,39-/m1/s1. The number of hydrogen-bond donors (Lipinski definition) is 2. The van der Waals surface area contributed by atoms with Crippen LogP contribution in [0.25, 0.3) is 0 Å². The van der Waals surface area contributed by atoms with Gasteiger partial charge in [0.1, 0.15) is 29.1 Å². The summed E-state index contributed by atoms with van der Waals surface area (Å²) in [6, 6.07) is 3.38. The molecule has 0 radical (unpaired) electrons. The molecular weight excluding hydrogens is 750 g/mol. The highest BCUT2D eigenvalue weighted by Gasteiger charge is 2.61. The van der Waals surface area contributed by atoms with E-state index in [2.05, 4.69) is 21.4 Å². The maximum absolute atomic E-state index is 14.3. The number of fused-ring (bicyclic) bond motifs is 1. The summed E-state index contributed by atoms with van der Waals surface area (Å²) in [5.41, 5.74) is -1.50. The monoisotopic (exact) mass is 807 g/mol. The lowest BCUT2D eigenvalue weighted by atomic mass is 10.1. The quantitative estimate of drug-likeness (QED) is 0.0828. The van der Waals surface area contributed by atoms with Crippen molar-refractivity contribution in [2.45, 2.75) is 134 Å². The zero-order valence-corrected chi connectivity index (χ0v) is 34.1. The van der Waals surface area contributed by atoms with E-state index in [1.165, 1.54) is 31.2 Å². The Morgan fingerprint density at radius 1 is 1.00 bits per heavy atom. The minimum atomic E-state index is -4.26. The van der Waals surface area contributed by atoms with E-state index in [4.69, 9.17) is 9.47 Å². The van der Waals surface area contributed by atoms with Gasteiger partial charge in [-0.1, -0.05) is 63.2 Å². The van der Waals surface area contributed by atoms with E-state index >= 15 is 0 Å². The molecule has 3 aliphatic rings. The molecule has 2 aliphatic heterocycles. The Bertz CT molecular complexity index is 1720. The first-order chi connectivity index (χ1) is 26.4. The number of rotatable bonds is 19. The summed E-state index contributed by atoms with van der Waals surface area (Å²) < 4.78 is 59.8. The molecule has 15 nitrogen and oxygen atoms in total. The third kappa shape index (κ3) is 11.9. The first-order valence-corrected chi connectivity index (χ1v) is 20.9. The fourth-order valence-corrected chi connectivity index (χ4v) is 8.01. The summed E-state index contributed by atoms with van der Waals surface area (Å²) in [6.07, 6.45) is 7.67. The number of hydrogen-bond acceptors (Lipinski definition) is 10. The highest BCUT2D eigenvalue weighted by atomic mass is 32.2. The first kappa shape index (κ1) is 44.5. The predicted molar refractivity (Wildman–Crippen MR) is 204 cm³/mol. The van der Waals surface area contributed by atoms with E-state index in [9.17, 15) is 36.8 Å². The van der Waals surface area contributed by atoms with Gasteiger partial charge in [0.25, 0.3) is 5.91 Å². The number of unbranched alkanes of at least 4 members (excludes halogenated alkanes) is 8. The third-order valence-electron chi connectivity index (χ3n) is 10.4. The summed E-state index contributed by atoms with van der Waals surface area (Å²) in [7, 11) is -1.49. The summed E-state index contributed by atoms with van der Waals surface area (Å²) in [5, 5.41) is 2.69. The Morgan fingerprint density at radius 2 is 1.64 bits per heavy atom. The highest BCUT2D eigenvalue weighted by Crippen LogP contribution is 2.45. The van der Waals surface area contributed by atoms with Crippen LogP contribution in [0, 0.1) is 11.7 Å². The molecule has 1 aromatic rings. The number of halogens is 1. The number of carbonyl (C=O) groups excluding carboxylic acids is 5.